The van der Waals surface area contributed by atoms with E-state index in [1.807, 2.05) is 0 Å². The molecule has 0 aromatic heterocycles. The molecule has 0 aliphatic rings. The average molecular weight is 435 g/mol. The second-order valence-electron chi connectivity index (χ2n) is 9.73. The van der Waals surface area contributed by atoms with E-state index < -0.39 is 5.97 Å². The smallest absolute Gasteiger partial charge is 0.303 e. The summed E-state index contributed by atoms with van der Waals surface area (Å²) in [4.78, 5) is 10.4. The van der Waals surface area contributed by atoms with Crippen molar-refractivity contribution >= 4 is 5.97 Å². The van der Waals surface area contributed by atoms with Gasteiger partial charge in [-0.2, -0.15) is 0 Å². The fourth-order valence-electron chi connectivity index (χ4n) is 3.97. The molecule has 0 aliphatic carbocycles. The first kappa shape index (κ1) is 29.9. The molecule has 31 heavy (non-hydrogen) atoms. The Labute approximate surface area is 195 Å². The molecule has 0 aliphatic heterocycles. The van der Waals surface area contributed by atoms with Crippen LogP contribution in [0.25, 0.3) is 0 Å². The molecular formula is C29H54O2. The predicted molar refractivity (Wildman–Crippen MR) is 138 cm³/mol. The minimum Gasteiger partial charge on any atom is -0.481 e. The molecule has 0 fully saturated rings. The summed E-state index contributed by atoms with van der Waals surface area (Å²) in [6.07, 6.45) is 35.7. The van der Waals surface area contributed by atoms with Crippen molar-refractivity contribution in [2.75, 3.05) is 0 Å². The van der Waals surface area contributed by atoms with E-state index in [-0.39, 0.29) is 6.42 Å². The molecular weight excluding hydrogens is 380 g/mol. The molecule has 0 radical (unpaired) electrons. The highest BCUT2D eigenvalue weighted by molar-refractivity contribution is 5.66. The fraction of sp³-hybridized carbons (Fsp3) is 0.828. The predicted octanol–water partition coefficient (Wildman–Crippen LogP) is 10.0. The van der Waals surface area contributed by atoms with Crippen molar-refractivity contribution in [2.45, 2.75) is 149 Å². The molecule has 0 rings (SSSR count). The van der Waals surface area contributed by atoms with Crippen LogP contribution in [-0.2, 0) is 4.79 Å². The molecule has 0 amide bonds. The zero-order valence-corrected chi connectivity index (χ0v) is 21.1. The number of unbranched alkanes of at least 4 members (excludes halogenated alkanes) is 16. The summed E-state index contributed by atoms with van der Waals surface area (Å²) >= 11 is 0. The summed E-state index contributed by atoms with van der Waals surface area (Å²) < 4.78 is 0. The van der Waals surface area contributed by atoms with Crippen LogP contribution in [0.15, 0.2) is 24.3 Å². The Morgan fingerprint density at radius 3 is 1.32 bits per heavy atom. The Morgan fingerprint density at radius 2 is 0.903 bits per heavy atom. The molecule has 0 saturated heterocycles. The Morgan fingerprint density at radius 1 is 0.548 bits per heavy atom. The number of rotatable bonds is 24. The van der Waals surface area contributed by atoms with Gasteiger partial charge >= 0.3 is 5.97 Å². The quantitative estimate of drug-likeness (QED) is 0.121. The van der Waals surface area contributed by atoms with Gasteiger partial charge in [-0.25, -0.2) is 0 Å². The van der Waals surface area contributed by atoms with Gasteiger partial charge in [0.25, 0.3) is 0 Å². The van der Waals surface area contributed by atoms with Gasteiger partial charge in [0.05, 0.1) is 0 Å². The largest absolute Gasteiger partial charge is 0.481 e. The second-order valence-corrected chi connectivity index (χ2v) is 9.73. The minimum atomic E-state index is -0.694. The number of carboxylic acid groups (broad SMARTS) is 1. The summed E-state index contributed by atoms with van der Waals surface area (Å²) in [7, 11) is 0. The highest BCUT2D eigenvalue weighted by atomic mass is 16.4. The molecule has 1 N–H and O–H groups in total. The van der Waals surface area contributed by atoms with Gasteiger partial charge in [0.15, 0.2) is 0 Å². The average Bonchev–Trinajstić information content (AvgIpc) is 2.73. The highest BCUT2D eigenvalue weighted by Crippen LogP contribution is 2.15. The Balaban J connectivity index is 3.14. The lowest BCUT2D eigenvalue weighted by Gasteiger charge is -2.05. The topological polar surface area (TPSA) is 37.3 Å². The van der Waals surface area contributed by atoms with Crippen LogP contribution in [0.5, 0.6) is 0 Å². The second kappa shape index (κ2) is 25.2. The molecule has 0 atom stereocenters. The van der Waals surface area contributed by atoms with Gasteiger partial charge in [0.2, 0.25) is 0 Å². The van der Waals surface area contributed by atoms with Crippen LogP contribution in [0.2, 0.25) is 0 Å². The van der Waals surface area contributed by atoms with E-state index >= 15 is 0 Å². The summed E-state index contributed by atoms with van der Waals surface area (Å²) in [6, 6.07) is 0. The molecule has 0 bridgehead atoms. The van der Waals surface area contributed by atoms with Gasteiger partial charge in [0, 0.05) is 6.42 Å². The van der Waals surface area contributed by atoms with Crippen LogP contribution in [-0.4, -0.2) is 11.1 Å². The van der Waals surface area contributed by atoms with E-state index in [9.17, 15) is 4.79 Å². The van der Waals surface area contributed by atoms with Gasteiger partial charge in [-0.05, 0) is 44.4 Å². The van der Waals surface area contributed by atoms with E-state index in [1.165, 1.54) is 103 Å². The fourth-order valence-corrected chi connectivity index (χ4v) is 3.97. The molecule has 0 spiro atoms. The van der Waals surface area contributed by atoms with Crippen molar-refractivity contribution in [1.29, 1.82) is 0 Å². The molecule has 0 unspecified atom stereocenters. The standard InChI is InChI=1S/C29H54O2/c1-28(2)26-24-22-20-18-16-14-12-10-8-6-4-3-5-7-9-11-13-15-17-19-21-23-25-27-29(30)31/h11,13,19,21,28H,3-10,12,14-18,20,22-27H2,1-2H3,(H,30,31)/b13-11-,21-19-. The Bertz CT molecular complexity index is 422. The molecule has 182 valence electrons. The van der Waals surface area contributed by atoms with Gasteiger partial charge in [-0.3, -0.25) is 4.79 Å². The SMILES string of the molecule is CC(C)CCCCCCCCCCCCCCCC/C=C\CC/C=C\CCCC(=O)O. The van der Waals surface area contributed by atoms with Crippen LogP contribution in [0.1, 0.15) is 149 Å². The van der Waals surface area contributed by atoms with Crippen LogP contribution in [0.4, 0.5) is 0 Å². The number of carboxylic acids is 1. The van der Waals surface area contributed by atoms with Crippen LogP contribution in [0, 0.1) is 5.92 Å². The van der Waals surface area contributed by atoms with Crippen molar-refractivity contribution in [3.8, 4) is 0 Å². The van der Waals surface area contributed by atoms with Crippen LogP contribution >= 0.6 is 0 Å². The highest BCUT2D eigenvalue weighted by Gasteiger charge is 1.96. The van der Waals surface area contributed by atoms with E-state index in [4.69, 9.17) is 5.11 Å². The van der Waals surface area contributed by atoms with Crippen molar-refractivity contribution < 1.29 is 9.90 Å². The minimum absolute atomic E-state index is 0.281. The summed E-state index contributed by atoms with van der Waals surface area (Å²) in [5.41, 5.74) is 0. The van der Waals surface area contributed by atoms with Gasteiger partial charge in [-0.15, -0.1) is 0 Å². The number of carbonyl (C=O) groups is 1. The molecule has 0 heterocycles. The summed E-state index contributed by atoms with van der Waals surface area (Å²) in [5, 5.41) is 8.57. The maximum absolute atomic E-state index is 10.4. The maximum atomic E-state index is 10.4. The maximum Gasteiger partial charge on any atom is 0.303 e. The van der Waals surface area contributed by atoms with Gasteiger partial charge in [-0.1, -0.05) is 128 Å². The van der Waals surface area contributed by atoms with Crippen molar-refractivity contribution in [3.63, 3.8) is 0 Å². The Hall–Kier alpha value is -1.05. The summed E-state index contributed by atoms with van der Waals surface area (Å²) in [5.74, 6) is 0.186. The van der Waals surface area contributed by atoms with E-state index in [2.05, 4.69) is 38.2 Å². The van der Waals surface area contributed by atoms with Gasteiger partial charge in [0.1, 0.15) is 0 Å². The monoisotopic (exact) mass is 434 g/mol. The molecule has 0 aromatic rings. The van der Waals surface area contributed by atoms with Crippen LogP contribution in [0.3, 0.4) is 0 Å². The third kappa shape index (κ3) is 28.9. The van der Waals surface area contributed by atoms with Crippen molar-refractivity contribution in [1.82, 2.24) is 0 Å². The number of aliphatic carboxylic acids is 1. The van der Waals surface area contributed by atoms with Crippen LogP contribution < -0.4 is 0 Å². The normalized spacial score (nSPS) is 12.0. The molecule has 2 heteroatoms. The number of hydrogen-bond donors (Lipinski definition) is 1. The van der Waals surface area contributed by atoms with E-state index in [0.29, 0.717) is 0 Å². The first-order valence-corrected chi connectivity index (χ1v) is 13.6. The first-order chi connectivity index (χ1) is 15.1. The number of allylic oxidation sites excluding steroid dienone is 4. The summed E-state index contributed by atoms with van der Waals surface area (Å²) in [6.45, 7) is 4.66. The first-order valence-electron chi connectivity index (χ1n) is 13.6. The molecule has 0 saturated carbocycles. The molecule has 0 aromatic carbocycles. The van der Waals surface area contributed by atoms with Crippen molar-refractivity contribution in [2.24, 2.45) is 5.92 Å². The Kier molecular flexibility index (Phi) is 24.4. The van der Waals surface area contributed by atoms with Crippen molar-refractivity contribution in [3.05, 3.63) is 24.3 Å². The lowest BCUT2D eigenvalue weighted by molar-refractivity contribution is -0.137. The van der Waals surface area contributed by atoms with E-state index in [1.54, 1.807) is 0 Å². The zero-order chi connectivity index (χ0) is 22.8. The third-order valence-electron chi connectivity index (χ3n) is 6.00. The van der Waals surface area contributed by atoms with Gasteiger partial charge < -0.3 is 5.11 Å². The lowest BCUT2D eigenvalue weighted by atomic mass is 10.0. The lowest BCUT2D eigenvalue weighted by Crippen LogP contribution is -1.92. The van der Waals surface area contributed by atoms with E-state index in [0.717, 1.165) is 31.6 Å². The number of hydrogen-bond acceptors (Lipinski definition) is 1. The molecule has 2 nitrogen and oxygen atoms in total. The third-order valence-corrected chi connectivity index (χ3v) is 6.00. The zero-order valence-electron chi connectivity index (χ0n) is 21.1.